The van der Waals surface area contributed by atoms with Gasteiger partial charge in [0.05, 0.1) is 22.6 Å². The van der Waals surface area contributed by atoms with Crippen molar-refractivity contribution >= 4 is 28.3 Å². The number of hydrogen-bond donors (Lipinski definition) is 1. The number of benzene rings is 2. The average molecular weight is 475 g/mol. The van der Waals surface area contributed by atoms with Gasteiger partial charge in [0.25, 0.3) is 5.91 Å². The number of thiophene rings is 1. The molecule has 2 N–H and O–H groups in total. The van der Waals surface area contributed by atoms with Crippen LogP contribution in [0.5, 0.6) is 0 Å². The molecule has 34 heavy (non-hydrogen) atoms. The molecule has 6 heteroatoms. The quantitative estimate of drug-likeness (QED) is 0.311. The fourth-order valence-electron chi connectivity index (χ4n) is 4.52. The smallest absolute Gasteiger partial charge is 0.255 e. The Bertz CT molecular complexity index is 1230. The molecule has 0 saturated heterocycles. The Hall–Kier alpha value is -2.96. The van der Waals surface area contributed by atoms with E-state index in [1.54, 1.807) is 11.3 Å². The van der Waals surface area contributed by atoms with Crippen molar-refractivity contribution in [3.63, 3.8) is 0 Å². The molecule has 0 spiro atoms. The summed E-state index contributed by atoms with van der Waals surface area (Å²) >= 11 is 1.65. The molecule has 2 aromatic heterocycles. The number of amides is 1. The molecule has 0 bridgehead atoms. The Kier molecular flexibility index (Phi) is 7.80. The van der Waals surface area contributed by atoms with E-state index < -0.39 is 0 Å². The van der Waals surface area contributed by atoms with Gasteiger partial charge in [-0.1, -0.05) is 63.2 Å². The molecule has 0 saturated carbocycles. The summed E-state index contributed by atoms with van der Waals surface area (Å²) in [6.07, 6.45) is 1.68. The number of hydrogen-bond acceptors (Lipinski definition) is 4. The molecule has 4 aromatic rings. The molecule has 2 heterocycles. The lowest BCUT2D eigenvalue weighted by molar-refractivity contribution is 0.0605. The molecule has 0 aliphatic heterocycles. The lowest BCUT2D eigenvalue weighted by Crippen LogP contribution is -2.40. The number of nitrogens with two attached hydrogens (primary N) is 1. The van der Waals surface area contributed by atoms with Gasteiger partial charge in [0.1, 0.15) is 5.82 Å². The molecule has 0 unspecified atom stereocenters. The first kappa shape index (κ1) is 24.2. The summed E-state index contributed by atoms with van der Waals surface area (Å²) in [5.41, 5.74) is 9.90. The van der Waals surface area contributed by atoms with Crippen molar-refractivity contribution < 1.29 is 4.79 Å². The molecular formula is C28H34N4OS. The van der Waals surface area contributed by atoms with Crippen molar-refractivity contribution in [1.82, 2.24) is 14.5 Å². The fourth-order valence-corrected chi connectivity index (χ4v) is 5.33. The average Bonchev–Trinajstić information content (AvgIpc) is 3.47. The number of para-hydroxylation sites is 2. The first-order chi connectivity index (χ1) is 16.5. The molecule has 4 rings (SSSR count). The van der Waals surface area contributed by atoms with Crippen molar-refractivity contribution in [2.45, 2.75) is 46.2 Å². The zero-order valence-corrected chi connectivity index (χ0v) is 21.1. The minimum atomic E-state index is -0.167. The van der Waals surface area contributed by atoms with Crippen LogP contribution in [0.15, 0.2) is 66.0 Å². The third kappa shape index (κ3) is 5.08. The van der Waals surface area contributed by atoms with Crippen molar-refractivity contribution in [2.75, 3.05) is 13.1 Å². The van der Waals surface area contributed by atoms with Crippen LogP contribution in [0, 0.1) is 5.92 Å². The standard InChI is InChI=1S/C28H34N4OS/c1-4-23-17-22(19-34-23)28(33)31(16-10-15-29)26(20(2)3)27-30-24-13-8-9-14-25(24)32(27)18-21-11-6-5-7-12-21/h5-9,11-14,17,19-20,26H,4,10,15-16,18,29H2,1-3H3/t26-/m1/s1. The Morgan fingerprint density at radius 1 is 1.12 bits per heavy atom. The molecular weight excluding hydrogens is 440 g/mol. The molecule has 5 nitrogen and oxygen atoms in total. The van der Waals surface area contributed by atoms with E-state index in [0.717, 1.165) is 35.3 Å². The van der Waals surface area contributed by atoms with Crippen LogP contribution in [0.3, 0.4) is 0 Å². The fraction of sp³-hybridized carbons (Fsp3) is 0.357. The summed E-state index contributed by atoms with van der Waals surface area (Å²) in [5, 5.41) is 1.99. The van der Waals surface area contributed by atoms with E-state index in [1.807, 2.05) is 28.5 Å². The summed E-state index contributed by atoms with van der Waals surface area (Å²) in [4.78, 5) is 22.2. The van der Waals surface area contributed by atoms with Gasteiger partial charge in [0.2, 0.25) is 0 Å². The number of imidazole rings is 1. The second-order valence-corrected chi connectivity index (χ2v) is 10.0. The van der Waals surface area contributed by atoms with Crippen LogP contribution in [0.4, 0.5) is 0 Å². The lowest BCUT2D eigenvalue weighted by atomic mass is 9.99. The Morgan fingerprint density at radius 3 is 2.53 bits per heavy atom. The van der Waals surface area contributed by atoms with Crippen molar-refractivity contribution in [3.05, 3.63) is 87.9 Å². The van der Waals surface area contributed by atoms with Gasteiger partial charge in [0.15, 0.2) is 0 Å². The first-order valence-electron chi connectivity index (χ1n) is 12.1. The van der Waals surface area contributed by atoms with Crippen LogP contribution in [0.1, 0.15) is 59.9 Å². The second-order valence-electron chi connectivity index (χ2n) is 9.02. The summed E-state index contributed by atoms with van der Waals surface area (Å²) < 4.78 is 2.28. The third-order valence-corrected chi connectivity index (χ3v) is 7.29. The molecule has 1 atom stereocenters. The maximum absolute atomic E-state index is 13.8. The van der Waals surface area contributed by atoms with Crippen LogP contribution in [-0.2, 0) is 13.0 Å². The predicted octanol–water partition coefficient (Wildman–Crippen LogP) is 5.90. The number of aryl methyl sites for hydroxylation is 1. The highest BCUT2D eigenvalue weighted by Gasteiger charge is 2.33. The molecule has 178 valence electrons. The SMILES string of the molecule is CCc1cc(C(=O)N(CCCN)[C@@H](c2nc3ccccc3n2Cc2ccccc2)C(C)C)cs1. The van der Waals surface area contributed by atoms with Crippen molar-refractivity contribution in [1.29, 1.82) is 0 Å². The van der Waals surface area contributed by atoms with E-state index in [4.69, 9.17) is 10.7 Å². The van der Waals surface area contributed by atoms with Gasteiger partial charge in [0, 0.05) is 23.3 Å². The highest BCUT2D eigenvalue weighted by atomic mass is 32.1. The third-order valence-electron chi connectivity index (χ3n) is 6.21. The van der Waals surface area contributed by atoms with Gasteiger partial charge in [-0.25, -0.2) is 4.98 Å². The van der Waals surface area contributed by atoms with Gasteiger partial charge >= 0.3 is 0 Å². The lowest BCUT2D eigenvalue weighted by Gasteiger charge is -2.34. The van der Waals surface area contributed by atoms with Crippen LogP contribution >= 0.6 is 11.3 Å². The van der Waals surface area contributed by atoms with E-state index in [-0.39, 0.29) is 17.9 Å². The van der Waals surface area contributed by atoms with Gasteiger partial charge in [-0.15, -0.1) is 11.3 Å². The van der Waals surface area contributed by atoms with Crippen LogP contribution in [-0.4, -0.2) is 33.4 Å². The van der Waals surface area contributed by atoms with E-state index in [0.29, 0.717) is 19.6 Å². The second kappa shape index (κ2) is 11.0. The summed E-state index contributed by atoms with van der Waals surface area (Å²) in [6, 6.07) is 20.5. The highest BCUT2D eigenvalue weighted by Crippen LogP contribution is 2.33. The summed E-state index contributed by atoms with van der Waals surface area (Å²) in [7, 11) is 0. The molecule has 1 amide bonds. The molecule has 0 aliphatic carbocycles. The number of carbonyl (C=O) groups is 1. The predicted molar refractivity (Wildman–Crippen MR) is 141 cm³/mol. The largest absolute Gasteiger partial charge is 0.330 e. The molecule has 0 radical (unpaired) electrons. The van der Waals surface area contributed by atoms with Gasteiger partial charge in [-0.3, -0.25) is 4.79 Å². The first-order valence-corrected chi connectivity index (χ1v) is 13.0. The van der Waals surface area contributed by atoms with E-state index in [1.165, 1.54) is 10.4 Å². The van der Waals surface area contributed by atoms with Crippen molar-refractivity contribution in [3.8, 4) is 0 Å². The molecule has 0 aliphatic rings. The van der Waals surface area contributed by atoms with Gasteiger partial charge in [-0.2, -0.15) is 0 Å². The van der Waals surface area contributed by atoms with Crippen molar-refractivity contribution in [2.24, 2.45) is 11.7 Å². The van der Waals surface area contributed by atoms with E-state index >= 15 is 0 Å². The van der Waals surface area contributed by atoms with Crippen LogP contribution < -0.4 is 5.73 Å². The normalized spacial score (nSPS) is 12.4. The number of aromatic nitrogens is 2. The van der Waals surface area contributed by atoms with Gasteiger partial charge < -0.3 is 15.2 Å². The van der Waals surface area contributed by atoms with Crippen LogP contribution in [0.2, 0.25) is 0 Å². The van der Waals surface area contributed by atoms with Crippen LogP contribution in [0.25, 0.3) is 11.0 Å². The number of carbonyl (C=O) groups excluding carboxylic acids is 1. The zero-order valence-electron chi connectivity index (χ0n) is 20.3. The maximum atomic E-state index is 13.8. The maximum Gasteiger partial charge on any atom is 0.255 e. The minimum Gasteiger partial charge on any atom is -0.330 e. The molecule has 0 fully saturated rings. The Labute approximate surface area is 206 Å². The monoisotopic (exact) mass is 474 g/mol. The minimum absolute atomic E-state index is 0.0569. The Morgan fingerprint density at radius 2 is 1.85 bits per heavy atom. The van der Waals surface area contributed by atoms with Gasteiger partial charge in [-0.05, 0) is 49.1 Å². The Balaban J connectivity index is 1.82. The highest BCUT2D eigenvalue weighted by molar-refractivity contribution is 7.10. The summed E-state index contributed by atoms with van der Waals surface area (Å²) in [6.45, 7) is 8.31. The van der Waals surface area contributed by atoms with E-state index in [9.17, 15) is 4.79 Å². The number of rotatable bonds is 10. The summed E-state index contributed by atoms with van der Waals surface area (Å²) in [5.74, 6) is 1.16. The zero-order chi connectivity index (χ0) is 24.1. The topological polar surface area (TPSA) is 64.2 Å². The van der Waals surface area contributed by atoms with E-state index in [2.05, 4.69) is 67.8 Å². The number of nitrogens with zero attached hydrogens (tertiary/aromatic N) is 3. The number of fused-ring (bicyclic) bond motifs is 1. The molecule has 2 aromatic carbocycles.